The van der Waals surface area contributed by atoms with Crippen LogP contribution in [0.4, 0.5) is 0 Å². The van der Waals surface area contributed by atoms with E-state index < -0.39 is 0 Å². The first kappa shape index (κ1) is 16.6. The molecule has 0 aliphatic heterocycles. The Balaban J connectivity index is 1.65. The molecule has 1 unspecified atom stereocenters. The van der Waals surface area contributed by atoms with Crippen LogP contribution in [0.1, 0.15) is 30.0 Å². The van der Waals surface area contributed by atoms with Gasteiger partial charge in [0.25, 0.3) is 0 Å². The van der Waals surface area contributed by atoms with E-state index in [9.17, 15) is 0 Å². The van der Waals surface area contributed by atoms with Crippen molar-refractivity contribution in [2.45, 2.75) is 30.9 Å². The standard InChI is InChI=1S/C19H21N3OS/c1-14-9-11-16(12-10-14)13-24-19-21-20-18(22(19)3)15(2)23-17-7-5-4-6-8-17/h4-12,15H,13H2,1-3H3. The average molecular weight is 339 g/mol. The Labute approximate surface area is 146 Å². The maximum absolute atomic E-state index is 5.94. The second-order valence-corrected chi connectivity index (χ2v) is 6.69. The first-order valence-corrected chi connectivity index (χ1v) is 8.91. The van der Waals surface area contributed by atoms with E-state index in [1.54, 1.807) is 11.8 Å². The number of nitrogens with zero attached hydrogens (tertiary/aromatic N) is 3. The van der Waals surface area contributed by atoms with Crippen molar-refractivity contribution in [1.82, 2.24) is 14.8 Å². The predicted octanol–water partition coefficient (Wildman–Crippen LogP) is 4.56. The lowest BCUT2D eigenvalue weighted by Crippen LogP contribution is -2.10. The molecule has 3 aromatic rings. The molecular formula is C19H21N3OS. The summed E-state index contributed by atoms with van der Waals surface area (Å²) < 4.78 is 7.94. The van der Waals surface area contributed by atoms with Crippen molar-refractivity contribution in [1.29, 1.82) is 0 Å². The summed E-state index contributed by atoms with van der Waals surface area (Å²) in [6.45, 7) is 4.09. The maximum Gasteiger partial charge on any atom is 0.191 e. The molecule has 0 N–H and O–H groups in total. The van der Waals surface area contributed by atoms with Gasteiger partial charge in [-0.3, -0.25) is 0 Å². The number of hydrogen-bond donors (Lipinski definition) is 0. The van der Waals surface area contributed by atoms with E-state index >= 15 is 0 Å². The van der Waals surface area contributed by atoms with E-state index in [2.05, 4.69) is 41.4 Å². The summed E-state index contributed by atoms with van der Waals surface area (Å²) in [5.41, 5.74) is 2.56. The fraction of sp³-hybridized carbons (Fsp3) is 0.263. The van der Waals surface area contributed by atoms with Crippen LogP contribution in [0.3, 0.4) is 0 Å². The zero-order valence-electron chi connectivity index (χ0n) is 14.1. The molecule has 1 atom stereocenters. The van der Waals surface area contributed by atoms with Gasteiger partial charge in [0, 0.05) is 12.8 Å². The normalized spacial score (nSPS) is 12.1. The third kappa shape index (κ3) is 3.97. The number of rotatable bonds is 6. The highest BCUT2D eigenvalue weighted by Crippen LogP contribution is 2.25. The molecule has 0 radical (unpaired) electrons. The van der Waals surface area contributed by atoms with Crippen LogP contribution in [0.15, 0.2) is 59.8 Å². The highest BCUT2D eigenvalue weighted by molar-refractivity contribution is 7.98. The minimum Gasteiger partial charge on any atom is -0.483 e. The number of para-hydroxylation sites is 1. The van der Waals surface area contributed by atoms with Crippen molar-refractivity contribution in [3.05, 3.63) is 71.5 Å². The molecule has 0 fully saturated rings. The van der Waals surface area contributed by atoms with Gasteiger partial charge in [0.05, 0.1) is 0 Å². The molecule has 3 rings (SSSR count). The lowest BCUT2D eigenvalue weighted by molar-refractivity contribution is 0.211. The number of benzene rings is 2. The molecule has 2 aromatic carbocycles. The third-order valence-electron chi connectivity index (χ3n) is 3.78. The number of aryl methyl sites for hydroxylation is 1. The second kappa shape index (κ2) is 7.53. The summed E-state index contributed by atoms with van der Waals surface area (Å²) in [6.07, 6.45) is -0.154. The predicted molar refractivity (Wildman–Crippen MR) is 97.2 cm³/mol. The van der Waals surface area contributed by atoms with Gasteiger partial charge >= 0.3 is 0 Å². The van der Waals surface area contributed by atoms with Crippen molar-refractivity contribution in [2.75, 3.05) is 0 Å². The fourth-order valence-electron chi connectivity index (χ4n) is 2.39. The molecule has 5 heteroatoms. The van der Waals surface area contributed by atoms with Crippen LogP contribution in [0.2, 0.25) is 0 Å². The summed E-state index contributed by atoms with van der Waals surface area (Å²) in [7, 11) is 1.98. The topological polar surface area (TPSA) is 39.9 Å². The van der Waals surface area contributed by atoms with Crippen LogP contribution < -0.4 is 4.74 Å². The molecule has 124 valence electrons. The fourth-order valence-corrected chi connectivity index (χ4v) is 3.27. The van der Waals surface area contributed by atoms with Crippen molar-refractivity contribution < 1.29 is 4.74 Å². The van der Waals surface area contributed by atoms with Crippen LogP contribution in [-0.4, -0.2) is 14.8 Å². The van der Waals surface area contributed by atoms with Crippen molar-refractivity contribution in [2.24, 2.45) is 7.05 Å². The largest absolute Gasteiger partial charge is 0.483 e. The minimum absolute atomic E-state index is 0.154. The quantitative estimate of drug-likeness (QED) is 0.617. The van der Waals surface area contributed by atoms with Crippen molar-refractivity contribution in [3.63, 3.8) is 0 Å². The Bertz CT molecular complexity index is 784. The second-order valence-electron chi connectivity index (χ2n) is 5.75. The molecule has 4 nitrogen and oxygen atoms in total. The lowest BCUT2D eigenvalue weighted by atomic mass is 10.2. The van der Waals surface area contributed by atoms with E-state index in [1.807, 2.05) is 48.9 Å². The van der Waals surface area contributed by atoms with Gasteiger partial charge in [-0.05, 0) is 31.5 Å². The van der Waals surface area contributed by atoms with Gasteiger partial charge in [0.15, 0.2) is 17.1 Å². The summed E-state index contributed by atoms with van der Waals surface area (Å²) in [4.78, 5) is 0. The van der Waals surface area contributed by atoms with Crippen LogP contribution in [0, 0.1) is 6.92 Å². The zero-order valence-corrected chi connectivity index (χ0v) is 15.0. The van der Waals surface area contributed by atoms with E-state index in [4.69, 9.17) is 4.74 Å². The van der Waals surface area contributed by atoms with Crippen LogP contribution in [0.25, 0.3) is 0 Å². The van der Waals surface area contributed by atoms with Gasteiger partial charge in [-0.25, -0.2) is 0 Å². The molecular weight excluding hydrogens is 318 g/mol. The lowest BCUT2D eigenvalue weighted by Gasteiger charge is -2.14. The smallest absolute Gasteiger partial charge is 0.191 e. The summed E-state index contributed by atoms with van der Waals surface area (Å²) in [5, 5.41) is 9.51. The zero-order chi connectivity index (χ0) is 16.9. The monoisotopic (exact) mass is 339 g/mol. The highest BCUT2D eigenvalue weighted by atomic mass is 32.2. The van der Waals surface area contributed by atoms with Crippen molar-refractivity contribution in [3.8, 4) is 5.75 Å². The van der Waals surface area contributed by atoms with Gasteiger partial charge in [-0.15, -0.1) is 10.2 Å². The molecule has 0 saturated heterocycles. The van der Waals surface area contributed by atoms with E-state index in [0.717, 1.165) is 22.5 Å². The molecule has 1 heterocycles. The Kier molecular flexibility index (Phi) is 5.20. The summed E-state index contributed by atoms with van der Waals surface area (Å²) in [6, 6.07) is 18.4. The van der Waals surface area contributed by atoms with Crippen LogP contribution >= 0.6 is 11.8 Å². The number of hydrogen-bond acceptors (Lipinski definition) is 4. The Hall–Kier alpha value is -2.27. The van der Waals surface area contributed by atoms with Gasteiger partial charge in [0.1, 0.15) is 5.75 Å². The Morgan fingerprint density at radius 1 is 1.04 bits per heavy atom. The molecule has 0 aliphatic carbocycles. The molecule has 0 saturated carbocycles. The maximum atomic E-state index is 5.94. The highest BCUT2D eigenvalue weighted by Gasteiger charge is 2.17. The van der Waals surface area contributed by atoms with Gasteiger partial charge in [-0.2, -0.15) is 0 Å². The summed E-state index contributed by atoms with van der Waals surface area (Å²) in [5.74, 6) is 2.53. The van der Waals surface area contributed by atoms with E-state index in [0.29, 0.717) is 0 Å². The molecule has 0 aliphatic rings. The molecule has 0 spiro atoms. The summed E-state index contributed by atoms with van der Waals surface area (Å²) >= 11 is 1.68. The average Bonchev–Trinajstić information content (AvgIpc) is 2.96. The number of ether oxygens (including phenoxy) is 1. The molecule has 24 heavy (non-hydrogen) atoms. The van der Waals surface area contributed by atoms with E-state index in [-0.39, 0.29) is 6.10 Å². The Morgan fingerprint density at radius 3 is 2.46 bits per heavy atom. The van der Waals surface area contributed by atoms with Gasteiger partial charge in [0.2, 0.25) is 0 Å². The number of thioether (sulfide) groups is 1. The van der Waals surface area contributed by atoms with Gasteiger partial charge in [-0.1, -0.05) is 59.8 Å². The van der Waals surface area contributed by atoms with Crippen molar-refractivity contribution >= 4 is 11.8 Å². The molecule has 1 aromatic heterocycles. The van der Waals surface area contributed by atoms with Crippen LogP contribution in [0.5, 0.6) is 5.75 Å². The number of aromatic nitrogens is 3. The molecule has 0 amide bonds. The SMILES string of the molecule is Cc1ccc(CSc2nnc(C(C)Oc3ccccc3)n2C)cc1. The van der Waals surface area contributed by atoms with Gasteiger partial charge < -0.3 is 9.30 Å². The van der Waals surface area contributed by atoms with Crippen LogP contribution in [-0.2, 0) is 12.8 Å². The van der Waals surface area contributed by atoms with E-state index in [1.165, 1.54) is 11.1 Å². The minimum atomic E-state index is -0.154. The first-order chi connectivity index (χ1) is 11.6. The first-order valence-electron chi connectivity index (χ1n) is 7.93. The third-order valence-corrected chi connectivity index (χ3v) is 4.87. The molecule has 0 bridgehead atoms. The Morgan fingerprint density at radius 2 is 1.75 bits per heavy atom.